The first-order valence-electron chi connectivity index (χ1n) is 6.39. The lowest BCUT2D eigenvalue weighted by atomic mass is 10.1. The van der Waals surface area contributed by atoms with Crippen LogP contribution in [0.1, 0.15) is 51.9 Å². The summed E-state index contributed by atoms with van der Waals surface area (Å²) in [4.78, 5) is 10.3. The number of aliphatic carboxylic acids is 1. The van der Waals surface area contributed by atoms with Crippen molar-refractivity contribution in [3.63, 3.8) is 0 Å². The van der Waals surface area contributed by atoms with Crippen LogP contribution in [0.4, 0.5) is 0 Å². The number of carboxylic acid groups (broad SMARTS) is 1. The molecule has 0 heterocycles. The highest BCUT2D eigenvalue weighted by Crippen LogP contribution is 2.02. The van der Waals surface area contributed by atoms with E-state index in [0.29, 0.717) is 6.42 Å². The van der Waals surface area contributed by atoms with E-state index in [2.05, 4.69) is 19.1 Å². The van der Waals surface area contributed by atoms with Gasteiger partial charge < -0.3 is 10.2 Å². The minimum Gasteiger partial charge on any atom is -0.479 e. The molecular weight excluding hydrogens is 216 g/mol. The van der Waals surface area contributed by atoms with E-state index in [1.165, 1.54) is 19.3 Å². The second-order valence-corrected chi connectivity index (χ2v) is 4.11. The zero-order valence-electron chi connectivity index (χ0n) is 10.6. The maximum absolute atomic E-state index is 10.3. The van der Waals surface area contributed by atoms with Crippen molar-refractivity contribution in [2.75, 3.05) is 0 Å². The van der Waals surface area contributed by atoms with Crippen LogP contribution in [0.2, 0.25) is 0 Å². The van der Waals surface area contributed by atoms with Gasteiger partial charge in [-0.15, -0.1) is 0 Å². The Kier molecular flexibility index (Phi) is 10.7. The van der Waals surface area contributed by atoms with Crippen molar-refractivity contribution in [3.05, 3.63) is 24.3 Å². The highest BCUT2D eigenvalue weighted by molar-refractivity contribution is 5.71. The number of carbonyl (C=O) groups is 1. The first-order valence-corrected chi connectivity index (χ1v) is 6.39. The molecule has 0 saturated heterocycles. The third-order valence-corrected chi connectivity index (χ3v) is 2.47. The summed E-state index contributed by atoms with van der Waals surface area (Å²) in [5, 5.41) is 17.4. The van der Waals surface area contributed by atoms with E-state index in [4.69, 9.17) is 10.2 Å². The number of aliphatic hydroxyl groups excluding tert-OH is 1. The quantitative estimate of drug-likeness (QED) is 0.455. The fourth-order valence-corrected chi connectivity index (χ4v) is 1.40. The van der Waals surface area contributed by atoms with Crippen molar-refractivity contribution < 1.29 is 15.0 Å². The number of allylic oxidation sites excluding steroid dienone is 4. The lowest BCUT2D eigenvalue weighted by Gasteiger charge is -2.00. The zero-order chi connectivity index (χ0) is 12.9. The van der Waals surface area contributed by atoms with Crippen LogP contribution < -0.4 is 0 Å². The molecule has 0 unspecified atom stereocenters. The fraction of sp³-hybridized carbons (Fsp3) is 0.643. The molecule has 0 fully saturated rings. The average Bonchev–Trinajstić information content (AvgIpc) is 2.31. The van der Waals surface area contributed by atoms with Crippen molar-refractivity contribution >= 4 is 5.97 Å². The van der Waals surface area contributed by atoms with Crippen LogP contribution in [0.15, 0.2) is 24.3 Å². The molecule has 0 aromatic carbocycles. The molecule has 0 aliphatic heterocycles. The van der Waals surface area contributed by atoms with E-state index in [0.717, 1.165) is 12.8 Å². The molecule has 98 valence electrons. The predicted octanol–water partition coefficient (Wildman–Crippen LogP) is 3.29. The molecule has 0 aliphatic rings. The summed E-state index contributed by atoms with van der Waals surface area (Å²) in [5.74, 6) is -1.14. The average molecular weight is 240 g/mol. The van der Waals surface area contributed by atoms with Gasteiger partial charge >= 0.3 is 5.97 Å². The Bertz CT molecular complexity index is 244. The molecule has 0 spiro atoms. The number of unbranched alkanes of at least 4 members (excludes halogenated alkanes) is 3. The number of carboxylic acids is 1. The lowest BCUT2D eigenvalue weighted by Crippen LogP contribution is -2.18. The van der Waals surface area contributed by atoms with Crippen LogP contribution in [-0.2, 0) is 4.79 Å². The third kappa shape index (κ3) is 11.2. The second kappa shape index (κ2) is 11.4. The Morgan fingerprint density at radius 1 is 1.12 bits per heavy atom. The van der Waals surface area contributed by atoms with E-state index in [9.17, 15) is 4.79 Å². The van der Waals surface area contributed by atoms with E-state index in [-0.39, 0.29) is 6.42 Å². The predicted molar refractivity (Wildman–Crippen MR) is 69.9 cm³/mol. The van der Waals surface area contributed by atoms with Crippen molar-refractivity contribution in [3.8, 4) is 0 Å². The Morgan fingerprint density at radius 3 is 2.35 bits per heavy atom. The third-order valence-electron chi connectivity index (χ3n) is 2.47. The van der Waals surface area contributed by atoms with E-state index < -0.39 is 12.1 Å². The van der Waals surface area contributed by atoms with E-state index in [1.54, 1.807) is 0 Å². The molecule has 0 aliphatic carbocycles. The summed E-state index contributed by atoms with van der Waals surface area (Å²) in [6.07, 6.45) is 13.7. The molecular formula is C14H24O3. The molecule has 0 rings (SSSR count). The number of rotatable bonds is 10. The second-order valence-electron chi connectivity index (χ2n) is 4.11. The SMILES string of the molecule is CCCCC/C=C\C/C=C\CC[C@@H](O)C(=O)O. The van der Waals surface area contributed by atoms with Crippen LogP contribution in [0, 0.1) is 0 Å². The van der Waals surface area contributed by atoms with Crippen molar-refractivity contribution in [2.24, 2.45) is 0 Å². The molecule has 0 amide bonds. The molecule has 0 saturated carbocycles. The first kappa shape index (κ1) is 15.9. The van der Waals surface area contributed by atoms with Gasteiger partial charge in [0.05, 0.1) is 0 Å². The molecule has 0 aromatic rings. The summed E-state index contributed by atoms with van der Waals surface area (Å²) in [7, 11) is 0. The largest absolute Gasteiger partial charge is 0.479 e. The van der Waals surface area contributed by atoms with Gasteiger partial charge in [-0.3, -0.25) is 0 Å². The molecule has 3 heteroatoms. The van der Waals surface area contributed by atoms with Gasteiger partial charge in [0.25, 0.3) is 0 Å². The maximum atomic E-state index is 10.3. The molecule has 0 bridgehead atoms. The van der Waals surface area contributed by atoms with E-state index in [1.807, 2.05) is 12.2 Å². The number of aliphatic hydroxyl groups is 1. The minimum atomic E-state index is -1.23. The Labute approximate surface area is 104 Å². The maximum Gasteiger partial charge on any atom is 0.332 e. The van der Waals surface area contributed by atoms with Crippen molar-refractivity contribution in [2.45, 2.75) is 58.0 Å². The van der Waals surface area contributed by atoms with Gasteiger partial charge in [-0.1, -0.05) is 44.1 Å². The van der Waals surface area contributed by atoms with Crippen LogP contribution in [0.3, 0.4) is 0 Å². The van der Waals surface area contributed by atoms with Crippen LogP contribution in [0.5, 0.6) is 0 Å². The zero-order valence-corrected chi connectivity index (χ0v) is 10.6. The number of hydrogen-bond acceptors (Lipinski definition) is 2. The summed E-state index contributed by atoms with van der Waals surface area (Å²) >= 11 is 0. The standard InChI is InChI=1S/C14H24O3/c1-2-3-4-5-6-7-8-9-10-11-12-13(15)14(16)17/h6-7,9-10,13,15H,2-5,8,11-12H2,1H3,(H,16,17)/b7-6-,10-9-/t13-/m1/s1. The smallest absolute Gasteiger partial charge is 0.332 e. The topological polar surface area (TPSA) is 57.5 Å². The van der Waals surface area contributed by atoms with Crippen molar-refractivity contribution in [1.82, 2.24) is 0 Å². The summed E-state index contributed by atoms with van der Waals surface area (Å²) in [6.45, 7) is 2.19. The molecule has 1 atom stereocenters. The van der Waals surface area contributed by atoms with Gasteiger partial charge in [0.2, 0.25) is 0 Å². The monoisotopic (exact) mass is 240 g/mol. The molecule has 0 radical (unpaired) electrons. The van der Waals surface area contributed by atoms with Gasteiger partial charge in [0.15, 0.2) is 6.10 Å². The summed E-state index contributed by atoms with van der Waals surface area (Å²) in [5.41, 5.74) is 0. The highest BCUT2D eigenvalue weighted by Gasteiger charge is 2.10. The highest BCUT2D eigenvalue weighted by atomic mass is 16.4. The minimum absolute atomic E-state index is 0.284. The van der Waals surface area contributed by atoms with Crippen molar-refractivity contribution in [1.29, 1.82) is 0 Å². The van der Waals surface area contributed by atoms with Gasteiger partial charge in [-0.25, -0.2) is 4.79 Å². The van der Waals surface area contributed by atoms with Gasteiger partial charge in [-0.2, -0.15) is 0 Å². The molecule has 0 aromatic heterocycles. The van der Waals surface area contributed by atoms with Gasteiger partial charge in [0.1, 0.15) is 0 Å². The van der Waals surface area contributed by atoms with Crippen LogP contribution >= 0.6 is 0 Å². The normalized spacial score (nSPS) is 13.5. The Balaban J connectivity index is 3.39. The molecule has 3 nitrogen and oxygen atoms in total. The first-order chi connectivity index (χ1) is 8.18. The van der Waals surface area contributed by atoms with E-state index >= 15 is 0 Å². The number of hydrogen-bond donors (Lipinski definition) is 2. The van der Waals surface area contributed by atoms with Crippen LogP contribution in [-0.4, -0.2) is 22.3 Å². The Morgan fingerprint density at radius 2 is 1.76 bits per heavy atom. The molecule has 2 N–H and O–H groups in total. The van der Waals surface area contributed by atoms with Gasteiger partial charge in [0, 0.05) is 0 Å². The summed E-state index contributed by atoms with van der Waals surface area (Å²) < 4.78 is 0. The summed E-state index contributed by atoms with van der Waals surface area (Å²) in [6, 6.07) is 0. The fourth-order valence-electron chi connectivity index (χ4n) is 1.40. The Hall–Kier alpha value is -1.09. The van der Waals surface area contributed by atoms with Gasteiger partial charge in [-0.05, 0) is 32.1 Å². The lowest BCUT2D eigenvalue weighted by molar-refractivity contribution is -0.146. The molecule has 17 heavy (non-hydrogen) atoms. The van der Waals surface area contributed by atoms with Crippen LogP contribution in [0.25, 0.3) is 0 Å².